The number of alkyl halides is 3. The molecule has 1 aliphatic rings. The summed E-state index contributed by atoms with van der Waals surface area (Å²) < 4.78 is 39.3. The zero-order valence-electron chi connectivity index (χ0n) is 20.7. The van der Waals surface area contributed by atoms with E-state index in [4.69, 9.17) is 9.98 Å². The van der Waals surface area contributed by atoms with Crippen LogP contribution in [0.25, 0.3) is 10.8 Å². The lowest BCUT2D eigenvalue weighted by Crippen LogP contribution is -2.11. The fraction of sp³-hybridized carbons (Fsp3) is 0.226. The molecule has 0 atom stereocenters. The molecule has 182 valence electrons. The highest BCUT2D eigenvalue weighted by Crippen LogP contribution is 2.39. The van der Waals surface area contributed by atoms with E-state index in [2.05, 4.69) is 58.0 Å². The van der Waals surface area contributed by atoms with Crippen molar-refractivity contribution in [3.05, 3.63) is 107 Å². The SMILES string of the molecule is CC(C)c1cccc(C(C)C)c1N=C1C(=Nc2ccc(C(F)(F)F)cc2)c2cccc3cccc1c23. The third kappa shape index (κ3) is 4.23. The van der Waals surface area contributed by atoms with Crippen molar-refractivity contribution in [2.24, 2.45) is 9.98 Å². The molecule has 4 aromatic rings. The topological polar surface area (TPSA) is 24.7 Å². The molecule has 0 saturated heterocycles. The maximum atomic E-state index is 13.1. The van der Waals surface area contributed by atoms with Crippen LogP contribution in [0.15, 0.2) is 88.8 Å². The van der Waals surface area contributed by atoms with E-state index in [1.54, 1.807) is 0 Å². The zero-order chi connectivity index (χ0) is 25.6. The van der Waals surface area contributed by atoms with Gasteiger partial charge in [0.05, 0.1) is 28.4 Å². The van der Waals surface area contributed by atoms with Gasteiger partial charge in [0.2, 0.25) is 0 Å². The molecule has 0 aliphatic heterocycles. The Kier molecular flexibility index (Phi) is 6.03. The Bertz CT molecular complexity index is 1480. The van der Waals surface area contributed by atoms with Crippen LogP contribution in [0, 0.1) is 0 Å². The monoisotopic (exact) mass is 484 g/mol. The molecule has 0 unspecified atom stereocenters. The highest BCUT2D eigenvalue weighted by atomic mass is 19.4. The number of rotatable bonds is 4. The molecular weight excluding hydrogens is 457 g/mol. The summed E-state index contributed by atoms with van der Waals surface area (Å²) in [7, 11) is 0. The molecule has 0 fully saturated rings. The average Bonchev–Trinajstić information content (AvgIpc) is 3.13. The van der Waals surface area contributed by atoms with E-state index < -0.39 is 11.7 Å². The first-order valence-electron chi connectivity index (χ1n) is 12.2. The van der Waals surface area contributed by atoms with E-state index >= 15 is 0 Å². The highest BCUT2D eigenvalue weighted by molar-refractivity contribution is 6.61. The minimum Gasteiger partial charge on any atom is -0.246 e. The van der Waals surface area contributed by atoms with Gasteiger partial charge in [-0.05, 0) is 52.6 Å². The first kappa shape index (κ1) is 24.0. The van der Waals surface area contributed by atoms with Crippen molar-refractivity contribution in [3.8, 4) is 0 Å². The number of benzene rings is 4. The van der Waals surface area contributed by atoms with Gasteiger partial charge in [0.1, 0.15) is 0 Å². The second-order valence-corrected chi connectivity index (χ2v) is 9.77. The van der Waals surface area contributed by atoms with Crippen molar-refractivity contribution >= 4 is 33.6 Å². The predicted molar refractivity (Wildman–Crippen MR) is 142 cm³/mol. The summed E-state index contributed by atoms with van der Waals surface area (Å²) >= 11 is 0. The molecule has 0 bridgehead atoms. The minimum absolute atomic E-state index is 0.276. The molecule has 36 heavy (non-hydrogen) atoms. The number of hydrogen-bond acceptors (Lipinski definition) is 2. The third-order valence-corrected chi connectivity index (χ3v) is 6.64. The third-order valence-electron chi connectivity index (χ3n) is 6.64. The van der Waals surface area contributed by atoms with E-state index in [1.807, 2.05) is 24.3 Å². The number of halogens is 3. The zero-order valence-corrected chi connectivity index (χ0v) is 20.7. The molecular formula is C31H27F3N2. The summed E-state index contributed by atoms with van der Waals surface area (Å²) in [6.07, 6.45) is -4.39. The smallest absolute Gasteiger partial charge is 0.246 e. The van der Waals surface area contributed by atoms with Crippen molar-refractivity contribution in [2.75, 3.05) is 0 Å². The van der Waals surface area contributed by atoms with Gasteiger partial charge in [-0.1, -0.05) is 82.3 Å². The second kappa shape index (κ2) is 9.05. The molecule has 5 rings (SSSR count). The lowest BCUT2D eigenvalue weighted by Gasteiger charge is -2.17. The molecule has 1 aliphatic carbocycles. The Hall–Kier alpha value is -3.73. The molecule has 0 heterocycles. The molecule has 5 heteroatoms. The fourth-order valence-corrected chi connectivity index (χ4v) is 4.82. The van der Waals surface area contributed by atoms with Crippen LogP contribution in [-0.2, 0) is 6.18 Å². The summed E-state index contributed by atoms with van der Waals surface area (Å²) in [6.45, 7) is 8.63. The van der Waals surface area contributed by atoms with Gasteiger partial charge in [0.25, 0.3) is 0 Å². The first-order valence-corrected chi connectivity index (χ1v) is 12.2. The summed E-state index contributed by atoms with van der Waals surface area (Å²) in [4.78, 5) is 10.1. The van der Waals surface area contributed by atoms with Gasteiger partial charge in [-0.15, -0.1) is 0 Å². The first-order chi connectivity index (χ1) is 17.1. The average molecular weight is 485 g/mol. The van der Waals surface area contributed by atoms with Crippen LogP contribution in [0.5, 0.6) is 0 Å². The molecule has 4 aromatic carbocycles. The molecule has 0 saturated carbocycles. The molecule has 0 N–H and O–H groups in total. The summed E-state index contributed by atoms with van der Waals surface area (Å²) in [5.41, 5.74) is 6.38. The molecule has 0 radical (unpaired) electrons. The van der Waals surface area contributed by atoms with Crippen molar-refractivity contribution in [1.82, 2.24) is 0 Å². The lowest BCUT2D eigenvalue weighted by atomic mass is 9.92. The van der Waals surface area contributed by atoms with Crippen molar-refractivity contribution in [2.45, 2.75) is 45.7 Å². The normalized spacial score (nSPS) is 15.7. The van der Waals surface area contributed by atoms with Crippen LogP contribution in [-0.4, -0.2) is 11.4 Å². The largest absolute Gasteiger partial charge is 0.416 e. The quantitative estimate of drug-likeness (QED) is 0.276. The maximum absolute atomic E-state index is 13.1. The van der Waals surface area contributed by atoms with Crippen LogP contribution in [0.2, 0.25) is 0 Å². The molecule has 0 amide bonds. The Morgan fingerprint density at radius 2 is 1.11 bits per heavy atom. The van der Waals surface area contributed by atoms with Gasteiger partial charge in [-0.3, -0.25) is 0 Å². The van der Waals surface area contributed by atoms with Crippen LogP contribution >= 0.6 is 0 Å². The number of aliphatic imine (C=N–C) groups is 2. The summed E-state index contributed by atoms with van der Waals surface area (Å²) in [5, 5.41) is 2.15. The van der Waals surface area contributed by atoms with Crippen molar-refractivity contribution in [1.29, 1.82) is 0 Å². The van der Waals surface area contributed by atoms with Gasteiger partial charge in [0, 0.05) is 16.5 Å². The standard InChI is InChI=1S/C31H27F3N2/c1-18(2)23-10-7-11-24(19(3)4)28(23)36-30-26-13-6-9-20-8-5-12-25(27(20)26)29(30)35-22-16-14-21(15-17-22)31(32,33)34/h5-19H,1-4H3. The van der Waals surface area contributed by atoms with E-state index in [1.165, 1.54) is 12.1 Å². The Morgan fingerprint density at radius 3 is 1.61 bits per heavy atom. The van der Waals surface area contributed by atoms with Crippen LogP contribution in [0.4, 0.5) is 24.5 Å². The van der Waals surface area contributed by atoms with Gasteiger partial charge in [-0.2, -0.15) is 13.2 Å². The maximum Gasteiger partial charge on any atom is 0.416 e. The van der Waals surface area contributed by atoms with Crippen LogP contribution in [0.3, 0.4) is 0 Å². The Labute approximate surface area is 209 Å². The lowest BCUT2D eigenvalue weighted by molar-refractivity contribution is -0.137. The van der Waals surface area contributed by atoms with Gasteiger partial charge < -0.3 is 0 Å². The number of para-hydroxylation sites is 1. The highest BCUT2D eigenvalue weighted by Gasteiger charge is 2.31. The van der Waals surface area contributed by atoms with Crippen molar-refractivity contribution < 1.29 is 13.2 Å². The number of hydrogen-bond donors (Lipinski definition) is 0. The van der Waals surface area contributed by atoms with Gasteiger partial charge >= 0.3 is 6.18 Å². The van der Waals surface area contributed by atoms with E-state index in [9.17, 15) is 13.2 Å². The Balaban J connectivity index is 1.77. The van der Waals surface area contributed by atoms with Gasteiger partial charge in [-0.25, -0.2) is 9.98 Å². The predicted octanol–water partition coefficient (Wildman–Crippen LogP) is 9.36. The van der Waals surface area contributed by atoms with E-state index in [0.717, 1.165) is 56.6 Å². The summed E-state index contributed by atoms with van der Waals surface area (Å²) in [5.74, 6) is 0.552. The van der Waals surface area contributed by atoms with E-state index in [-0.39, 0.29) is 11.8 Å². The second-order valence-electron chi connectivity index (χ2n) is 9.77. The molecule has 2 nitrogen and oxygen atoms in total. The fourth-order valence-electron chi connectivity index (χ4n) is 4.82. The number of nitrogens with zero attached hydrogens (tertiary/aromatic N) is 2. The molecule has 0 spiro atoms. The minimum atomic E-state index is -4.39. The molecule has 0 aromatic heterocycles. The van der Waals surface area contributed by atoms with E-state index in [0.29, 0.717) is 11.4 Å². The summed E-state index contributed by atoms with van der Waals surface area (Å²) in [6, 6.07) is 23.5. The Morgan fingerprint density at radius 1 is 0.611 bits per heavy atom. The van der Waals surface area contributed by atoms with Crippen molar-refractivity contribution in [3.63, 3.8) is 0 Å². The van der Waals surface area contributed by atoms with Gasteiger partial charge in [0.15, 0.2) is 0 Å². The van der Waals surface area contributed by atoms with Crippen LogP contribution < -0.4 is 0 Å². The van der Waals surface area contributed by atoms with Crippen LogP contribution in [0.1, 0.15) is 67.3 Å².